The molecule has 2 rings (SSSR count). The Kier molecular flexibility index (Phi) is 6.66. The summed E-state index contributed by atoms with van der Waals surface area (Å²) in [5.74, 6) is -0.779. The topological polar surface area (TPSA) is 52.7 Å². The lowest BCUT2D eigenvalue weighted by Crippen LogP contribution is -2.32. The average molecular weight is 393 g/mol. The van der Waals surface area contributed by atoms with Crippen molar-refractivity contribution < 1.29 is 22.8 Å². The van der Waals surface area contributed by atoms with Crippen molar-refractivity contribution in [1.29, 1.82) is 0 Å². The van der Waals surface area contributed by atoms with Gasteiger partial charge in [0.15, 0.2) is 0 Å². The van der Waals surface area contributed by atoms with Crippen molar-refractivity contribution in [3.05, 3.63) is 54.1 Å². The lowest BCUT2D eigenvalue weighted by molar-refractivity contribution is -0.137. The van der Waals surface area contributed by atoms with Crippen LogP contribution >= 0.6 is 0 Å². The second-order valence-electron chi connectivity index (χ2n) is 6.46. The van der Waals surface area contributed by atoms with E-state index in [-0.39, 0.29) is 24.6 Å². The predicted octanol–water partition coefficient (Wildman–Crippen LogP) is 4.15. The minimum atomic E-state index is -4.51. The first-order valence-electron chi connectivity index (χ1n) is 8.60. The zero-order valence-corrected chi connectivity index (χ0v) is 15.9. The van der Waals surface area contributed by atoms with Crippen LogP contribution < -0.4 is 15.1 Å². The summed E-state index contributed by atoms with van der Waals surface area (Å²) in [4.78, 5) is 27.1. The maximum Gasteiger partial charge on any atom is 0.416 e. The molecule has 0 fully saturated rings. The summed E-state index contributed by atoms with van der Waals surface area (Å²) in [5.41, 5.74) is 0.835. The van der Waals surface area contributed by atoms with E-state index in [0.717, 1.165) is 22.7 Å². The van der Waals surface area contributed by atoms with E-state index >= 15 is 0 Å². The number of anilines is 3. The molecule has 0 aromatic heterocycles. The van der Waals surface area contributed by atoms with Crippen LogP contribution in [0.15, 0.2) is 48.5 Å². The van der Waals surface area contributed by atoms with E-state index in [4.69, 9.17) is 0 Å². The van der Waals surface area contributed by atoms with Crippen molar-refractivity contribution in [2.75, 3.05) is 35.8 Å². The van der Waals surface area contributed by atoms with Gasteiger partial charge in [0.05, 0.1) is 5.56 Å². The van der Waals surface area contributed by atoms with Crippen molar-refractivity contribution in [3.63, 3.8) is 0 Å². The second-order valence-corrected chi connectivity index (χ2v) is 6.46. The molecule has 0 saturated carbocycles. The third-order valence-electron chi connectivity index (χ3n) is 4.10. The van der Waals surface area contributed by atoms with Crippen LogP contribution in [0, 0.1) is 0 Å². The van der Waals surface area contributed by atoms with Gasteiger partial charge < -0.3 is 15.1 Å². The zero-order chi connectivity index (χ0) is 20.9. The molecule has 0 aliphatic carbocycles. The minimum absolute atomic E-state index is 0.0295. The van der Waals surface area contributed by atoms with Crippen LogP contribution in [0.4, 0.5) is 30.2 Å². The van der Waals surface area contributed by atoms with E-state index in [9.17, 15) is 22.8 Å². The quantitative estimate of drug-likeness (QED) is 0.802. The number of nitrogens with one attached hydrogen (secondary N) is 1. The molecular weight excluding hydrogens is 371 g/mol. The molecule has 1 N–H and O–H groups in total. The van der Waals surface area contributed by atoms with Crippen molar-refractivity contribution >= 4 is 28.9 Å². The lowest BCUT2D eigenvalue weighted by Gasteiger charge is -2.22. The lowest BCUT2D eigenvalue weighted by atomic mass is 10.1. The van der Waals surface area contributed by atoms with Crippen molar-refractivity contribution in [2.45, 2.75) is 19.5 Å². The number of hydrogen-bond acceptors (Lipinski definition) is 3. The van der Waals surface area contributed by atoms with Crippen molar-refractivity contribution in [1.82, 2.24) is 0 Å². The molecule has 0 spiro atoms. The van der Waals surface area contributed by atoms with E-state index in [1.165, 1.54) is 19.1 Å². The van der Waals surface area contributed by atoms with Crippen molar-refractivity contribution in [3.8, 4) is 0 Å². The van der Waals surface area contributed by atoms with Crippen LogP contribution in [-0.2, 0) is 15.8 Å². The molecule has 0 bridgehead atoms. The van der Waals surface area contributed by atoms with E-state index < -0.39 is 17.6 Å². The Bertz CT molecular complexity index is 833. The summed E-state index contributed by atoms with van der Waals surface area (Å²) >= 11 is 0. The predicted molar refractivity (Wildman–Crippen MR) is 103 cm³/mol. The zero-order valence-electron chi connectivity index (χ0n) is 15.9. The van der Waals surface area contributed by atoms with Gasteiger partial charge in [-0.05, 0) is 42.5 Å². The normalized spacial score (nSPS) is 11.1. The van der Waals surface area contributed by atoms with Crippen molar-refractivity contribution in [2.24, 2.45) is 0 Å². The number of nitrogens with zero attached hydrogens (tertiary/aromatic N) is 2. The van der Waals surface area contributed by atoms with Gasteiger partial charge in [0.25, 0.3) is 0 Å². The number of rotatable bonds is 6. The van der Waals surface area contributed by atoms with Crippen LogP contribution in [0.2, 0.25) is 0 Å². The molecule has 0 radical (unpaired) electrons. The van der Waals surface area contributed by atoms with Gasteiger partial charge in [0, 0.05) is 51.0 Å². The number of halogens is 3. The highest BCUT2D eigenvalue weighted by Crippen LogP contribution is 2.31. The molecule has 8 heteroatoms. The Morgan fingerprint density at radius 1 is 1.00 bits per heavy atom. The summed E-state index contributed by atoms with van der Waals surface area (Å²) < 4.78 is 38.7. The highest BCUT2D eigenvalue weighted by atomic mass is 19.4. The summed E-state index contributed by atoms with van der Waals surface area (Å²) in [6.45, 7) is 1.22. The molecule has 0 atom stereocenters. The fraction of sp³-hybridized carbons (Fsp3) is 0.300. The van der Waals surface area contributed by atoms with E-state index in [0.29, 0.717) is 5.69 Å². The van der Waals surface area contributed by atoms with Gasteiger partial charge in [0.1, 0.15) is 0 Å². The van der Waals surface area contributed by atoms with E-state index in [1.807, 2.05) is 31.1 Å². The molecule has 5 nitrogen and oxygen atoms in total. The minimum Gasteiger partial charge on any atom is -0.378 e. The third kappa shape index (κ3) is 5.73. The number of hydrogen-bond donors (Lipinski definition) is 1. The van der Waals surface area contributed by atoms with Crippen LogP contribution in [0.25, 0.3) is 0 Å². The largest absolute Gasteiger partial charge is 0.416 e. The maximum atomic E-state index is 12.9. The van der Waals surface area contributed by atoms with Crippen LogP contribution in [0.1, 0.15) is 18.9 Å². The van der Waals surface area contributed by atoms with Gasteiger partial charge in [-0.15, -0.1) is 0 Å². The summed E-state index contributed by atoms with van der Waals surface area (Å²) in [6.07, 6.45) is -4.56. The monoisotopic (exact) mass is 393 g/mol. The molecular formula is C20H22F3N3O2. The Labute approximate surface area is 161 Å². The van der Waals surface area contributed by atoms with E-state index in [2.05, 4.69) is 5.32 Å². The highest BCUT2D eigenvalue weighted by molar-refractivity contribution is 5.95. The summed E-state index contributed by atoms with van der Waals surface area (Å²) in [6, 6.07) is 11.7. The van der Waals surface area contributed by atoms with E-state index in [1.54, 1.807) is 12.1 Å². The standard InChI is InChI=1S/C20H22F3N3O2/c1-14(27)26(18-6-4-5-15(13-18)20(21,22)23)12-11-19(28)24-16-7-9-17(10-8-16)25(2)3/h4-10,13H,11-12H2,1-3H3,(H,24,28). The number of benzene rings is 2. The van der Waals surface area contributed by atoms with Gasteiger partial charge in [-0.1, -0.05) is 6.07 Å². The van der Waals surface area contributed by atoms with Crippen LogP contribution in [0.3, 0.4) is 0 Å². The molecule has 0 saturated heterocycles. The van der Waals surface area contributed by atoms with Crippen LogP contribution in [0.5, 0.6) is 0 Å². The number of amides is 2. The molecule has 0 heterocycles. The first-order chi connectivity index (χ1) is 13.1. The smallest absolute Gasteiger partial charge is 0.378 e. The number of carbonyl (C=O) groups excluding carboxylic acids is 2. The first-order valence-corrected chi connectivity index (χ1v) is 8.60. The fourth-order valence-corrected chi connectivity index (χ4v) is 2.60. The number of carbonyl (C=O) groups is 2. The first kappa shape index (κ1) is 21.3. The van der Waals surface area contributed by atoms with Gasteiger partial charge >= 0.3 is 6.18 Å². The molecule has 28 heavy (non-hydrogen) atoms. The molecule has 0 aliphatic heterocycles. The Morgan fingerprint density at radius 3 is 2.18 bits per heavy atom. The summed E-state index contributed by atoms with van der Waals surface area (Å²) in [5, 5.41) is 2.71. The SMILES string of the molecule is CC(=O)N(CCC(=O)Nc1ccc(N(C)C)cc1)c1cccc(C(F)(F)F)c1. The molecule has 2 aromatic rings. The Morgan fingerprint density at radius 2 is 1.64 bits per heavy atom. The molecule has 2 aromatic carbocycles. The van der Waals surface area contributed by atoms with Gasteiger partial charge in [0.2, 0.25) is 11.8 Å². The Hall–Kier alpha value is -3.03. The third-order valence-corrected chi connectivity index (χ3v) is 4.10. The molecule has 0 aliphatic rings. The fourth-order valence-electron chi connectivity index (χ4n) is 2.60. The Balaban J connectivity index is 2.03. The highest BCUT2D eigenvalue weighted by Gasteiger charge is 2.31. The van der Waals surface area contributed by atoms with Crippen LogP contribution in [-0.4, -0.2) is 32.5 Å². The average Bonchev–Trinajstić information content (AvgIpc) is 2.61. The molecule has 150 valence electrons. The second kappa shape index (κ2) is 8.77. The van der Waals surface area contributed by atoms with Gasteiger partial charge in [-0.3, -0.25) is 9.59 Å². The summed E-state index contributed by atoms with van der Waals surface area (Å²) in [7, 11) is 3.80. The molecule has 2 amide bonds. The molecule has 0 unspecified atom stereocenters. The number of alkyl halides is 3. The van der Waals surface area contributed by atoms with Gasteiger partial charge in [-0.25, -0.2) is 0 Å². The van der Waals surface area contributed by atoms with Gasteiger partial charge in [-0.2, -0.15) is 13.2 Å². The maximum absolute atomic E-state index is 12.9.